The maximum atomic E-state index is 5.56. The topological polar surface area (TPSA) is 51.8 Å². The van der Waals surface area contributed by atoms with Crippen LogP contribution in [0.1, 0.15) is 50.1 Å². The van der Waals surface area contributed by atoms with E-state index in [9.17, 15) is 0 Å². The summed E-state index contributed by atoms with van der Waals surface area (Å²) in [6, 6.07) is 8.47. The SMILES string of the molecule is Cc1cc(C)cc(-c2noc(-c3cnc(CC(C)C)c(CC(C)C)c3)n2)c1. The average Bonchev–Trinajstić information content (AvgIpc) is 3.04. The van der Waals surface area contributed by atoms with Gasteiger partial charge in [-0.2, -0.15) is 4.98 Å². The zero-order valence-corrected chi connectivity index (χ0v) is 17.2. The fourth-order valence-electron chi connectivity index (χ4n) is 3.40. The Morgan fingerprint density at radius 2 is 1.52 bits per heavy atom. The molecule has 0 aliphatic heterocycles. The lowest BCUT2D eigenvalue weighted by Gasteiger charge is -2.13. The van der Waals surface area contributed by atoms with Gasteiger partial charge < -0.3 is 4.52 Å². The number of pyridine rings is 1. The Morgan fingerprint density at radius 3 is 2.15 bits per heavy atom. The number of rotatable bonds is 6. The van der Waals surface area contributed by atoms with E-state index in [1.807, 2.05) is 6.20 Å². The Bertz CT molecular complexity index is 905. The zero-order chi connectivity index (χ0) is 19.6. The molecule has 0 radical (unpaired) electrons. The number of hydrogen-bond donors (Lipinski definition) is 0. The van der Waals surface area contributed by atoms with Gasteiger partial charge in [-0.05, 0) is 62.3 Å². The molecule has 0 spiro atoms. The summed E-state index contributed by atoms with van der Waals surface area (Å²) < 4.78 is 5.56. The summed E-state index contributed by atoms with van der Waals surface area (Å²) in [5.41, 5.74) is 6.71. The molecule has 1 aromatic carbocycles. The molecule has 0 saturated heterocycles. The molecule has 4 heteroatoms. The van der Waals surface area contributed by atoms with Crippen LogP contribution < -0.4 is 0 Å². The largest absolute Gasteiger partial charge is 0.334 e. The average molecular weight is 364 g/mol. The number of benzene rings is 1. The Kier molecular flexibility index (Phi) is 5.73. The van der Waals surface area contributed by atoms with Gasteiger partial charge in [0.25, 0.3) is 5.89 Å². The normalized spacial score (nSPS) is 11.6. The van der Waals surface area contributed by atoms with Crippen molar-refractivity contribution in [2.24, 2.45) is 11.8 Å². The molecule has 2 aromatic heterocycles. The molecule has 0 saturated carbocycles. The highest BCUT2D eigenvalue weighted by Gasteiger charge is 2.15. The number of nitrogens with zero attached hydrogens (tertiary/aromatic N) is 3. The van der Waals surface area contributed by atoms with Crippen molar-refractivity contribution in [3.05, 3.63) is 52.8 Å². The van der Waals surface area contributed by atoms with Crippen LogP contribution in [0.4, 0.5) is 0 Å². The van der Waals surface area contributed by atoms with Gasteiger partial charge in [0.2, 0.25) is 5.82 Å². The molecule has 27 heavy (non-hydrogen) atoms. The lowest BCUT2D eigenvalue weighted by Crippen LogP contribution is -2.06. The van der Waals surface area contributed by atoms with Gasteiger partial charge in [0.15, 0.2) is 0 Å². The van der Waals surface area contributed by atoms with Gasteiger partial charge in [-0.25, -0.2) is 0 Å². The Morgan fingerprint density at radius 1 is 0.852 bits per heavy atom. The first-order valence-corrected chi connectivity index (χ1v) is 9.72. The molecule has 0 atom stereocenters. The lowest BCUT2D eigenvalue weighted by molar-refractivity contribution is 0.432. The second kappa shape index (κ2) is 8.03. The number of hydrogen-bond acceptors (Lipinski definition) is 4. The first-order chi connectivity index (χ1) is 12.8. The molecule has 0 fully saturated rings. The van der Waals surface area contributed by atoms with Gasteiger partial charge in [0.05, 0.1) is 5.56 Å². The Hall–Kier alpha value is -2.49. The molecule has 0 N–H and O–H groups in total. The molecule has 0 unspecified atom stereocenters. The van der Waals surface area contributed by atoms with Gasteiger partial charge in [-0.15, -0.1) is 0 Å². The molecular weight excluding hydrogens is 334 g/mol. The smallest absolute Gasteiger partial charge is 0.259 e. The van der Waals surface area contributed by atoms with Crippen LogP contribution in [-0.2, 0) is 12.8 Å². The third kappa shape index (κ3) is 4.82. The van der Waals surface area contributed by atoms with Gasteiger partial charge >= 0.3 is 0 Å². The highest BCUT2D eigenvalue weighted by molar-refractivity contribution is 5.61. The van der Waals surface area contributed by atoms with E-state index in [1.54, 1.807) is 0 Å². The van der Waals surface area contributed by atoms with E-state index < -0.39 is 0 Å². The van der Waals surface area contributed by atoms with Crippen molar-refractivity contribution < 1.29 is 4.52 Å². The van der Waals surface area contributed by atoms with Crippen LogP contribution in [0.15, 0.2) is 35.0 Å². The van der Waals surface area contributed by atoms with Gasteiger partial charge in [0.1, 0.15) is 0 Å². The first kappa shape index (κ1) is 19.3. The number of aryl methyl sites for hydroxylation is 2. The summed E-state index contributed by atoms with van der Waals surface area (Å²) in [5, 5.41) is 4.19. The molecule has 0 aliphatic rings. The molecule has 0 bridgehead atoms. The van der Waals surface area contributed by atoms with Crippen molar-refractivity contribution in [2.75, 3.05) is 0 Å². The van der Waals surface area contributed by atoms with Crippen LogP contribution in [0.25, 0.3) is 22.8 Å². The van der Waals surface area contributed by atoms with Gasteiger partial charge in [-0.1, -0.05) is 50.0 Å². The second-order valence-corrected chi connectivity index (χ2v) is 8.33. The van der Waals surface area contributed by atoms with Crippen LogP contribution >= 0.6 is 0 Å². The molecule has 2 heterocycles. The van der Waals surface area contributed by atoms with Crippen LogP contribution in [0.5, 0.6) is 0 Å². The van der Waals surface area contributed by atoms with Crippen molar-refractivity contribution in [3.63, 3.8) is 0 Å². The monoisotopic (exact) mass is 363 g/mol. The predicted molar refractivity (Wildman–Crippen MR) is 110 cm³/mol. The standard InChI is InChI=1S/C23H29N3O/c1-14(2)7-18-12-20(13-24-21(18)8-15(3)4)23-25-22(26-27-23)19-10-16(5)9-17(6)11-19/h9-15H,7-8H2,1-6H3. The minimum atomic E-state index is 0.526. The predicted octanol–water partition coefficient (Wildman–Crippen LogP) is 5.81. The van der Waals surface area contributed by atoms with Crippen LogP contribution in [0.2, 0.25) is 0 Å². The molecule has 0 amide bonds. The quantitative estimate of drug-likeness (QED) is 0.554. The Labute approximate surface area is 162 Å². The van der Waals surface area contributed by atoms with Crippen LogP contribution in [0.3, 0.4) is 0 Å². The number of aromatic nitrogens is 3. The van der Waals surface area contributed by atoms with Crippen molar-refractivity contribution >= 4 is 0 Å². The molecule has 0 aliphatic carbocycles. The van der Waals surface area contributed by atoms with E-state index in [4.69, 9.17) is 9.51 Å². The minimum absolute atomic E-state index is 0.526. The van der Waals surface area contributed by atoms with E-state index in [0.717, 1.165) is 24.0 Å². The first-order valence-electron chi connectivity index (χ1n) is 9.72. The van der Waals surface area contributed by atoms with Gasteiger partial charge in [0, 0.05) is 17.5 Å². The van der Waals surface area contributed by atoms with E-state index in [0.29, 0.717) is 23.6 Å². The summed E-state index contributed by atoms with van der Waals surface area (Å²) >= 11 is 0. The lowest BCUT2D eigenvalue weighted by atomic mass is 9.96. The fraction of sp³-hybridized carbons (Fsp3) is 0.435. The maximum Gasteiger partial charge on any atom is 0.259 e. The van der Waals surface area contributed by atoms with E-state index in [2.05, 4.69) is 75.9 Å². The van der Waals surface area contributed by atoms with Crippen molar-refractivity contribution in [2.45, 2.75) is 54.4 Å². The molecule has 4 nitrogen and oxygen atoms in total. The molecular formula is C23H29N3O. The summed E-state index contributed by atoms with van der Waals surface area (Å²) in [7, 11) is 0. The minimum Gasteiger partial charge on any atom is -0.334 e. The molecule has 3 rings (SSSR count). The summed E-state index contributed by atoms with van der Waals surface area (Å²) in [6.45, 7) is 13.1. The molecule has 3 aromatic rings. The van der Waals surface area contributed by atoms with Gasteiger partial charge in [-0.3, -0.25) is 4.98 Å². The maximum absolute atomic E-state index is 5.56. The van der Waals surface area contributed by atoms with Crippen molar-refractivity contribution in [1.82, 2.24) is 15.1 Å². The highest BCUT2D eigenvalue weighted by atomic mass is 16.5. The second-order valence-electron chi connectivity index (χ2n) is 8.33. The summed E-state index contributed by atoms with van der Waals surface area (Å²) in [5.74, 6) is 2.29. The van der Waals surface area contributed by atoms with E-state index >= 15 is 0 Å². The molecule has 142 valence electrons. The third-order valence-electron chi connectivity index (χ3n) is 4.44. The van der Waals surface area contributed by atoms with Crippen molar-refractivity contribution in [1.29, 1.82) is 0 Å². The summed E-state index contributed by atoms with van der Waals surface area (Å²) in [4.78, 5) is 9.36. The zero-order valence-electron chi connectivity index (χ0n) is 17.2. The van der Waals surface area contributed by atoms with Crippen LogP contribution in [-0.4, -0.2) is 15.1 Å². The summed E-state index contributed by atoms with van der Waals surface area (Å²) in [6.07, 6.45) is 3.85. The van der Waals surface area contributed by atoms with Crippen LogP contribution in [0, 0.1) is 25.7 Å². The van der Waals surface area contributed by atoms with Crippen molar-refractivity contribution in [3.8, 4) is 22.8 Å². The van der Waals surface area contributed by atoms with E-state index in [1.165, 1.54) is 22.4 Å². The fourth-order valence-corrected chi connectivity index (χ4v) is 3.40. The van der Waals surface area contributed by atoms with E-state index in [-0.39, 0.29) is 0 Å². The third-order valence-corrected chi connectivity index (χ3v) is 4.44. The highest BCUT2D eigenvalue weighted by Crippen LogP contribution is 2.26. The Balaban J connectivity index is 1.95.